The van der Waals surface area contributed by atoms with Gasteiger partial charge in [0.15, 0.2) is 17.7 Å². The number of hydrogen-bond donors (Lipinski definition) is 0. The fraction of sp³-hybridized carbons (Fsp3) is 0.316. The maximum Gasteiger partial charge on any atom is 0.264 e. The van der Waals surface area contributed by atoms with Crippen molar-refractivity contribution in [1.29, 1.82) is 0 Å². The van der Waals surface area contributed by atoms with Crippen LogP contribution in [-0.4, -0.2) is 36.3 Å². The molecule has 0 aromatic heterocycles. The fourth-order valence-corrected chi connectivity index (χ4v) is 4.63. The SMILES string of the molecule is COc1ccc(C2SCCN2C(=O)C(C)Oc2ccccc2F)cc1Br. The summed E-state index contributed by atoms with van der Waals surface area (Å²) in [7, 11) is 1.61. The van der Waals surface area contributed by atoms with Gasteiger partial charge in [0.05, 0.1) is 11.6 Å². The number of thioether (sulfide) groups is 1. The number of para-hydroxylation sites is 1. The summed E-state index contributed by atoms with van der Waals surface area (Å²) in [6.45, 7) is 2.28. The molecule has 3 rings (SSSR count). The first-order chi connectivity index (χ1) is 12.5. The van der Waals surface area contributed by atoms with Gasteiger partial charge in [-0.2, -0.15) is 0 Å². The highest BCUT2D eigenvalue weighted by Gasteiger charge is 2.34. The standard InChI is InChI=1S/C19H19BrFNO3S/c1-12(25-17-6-4-3-5-15(17)21)18(23)22-9-10-26-19(22)13-7-8-16(24-2)14(20)11-13/h3-8,11-12,19H,9-10H2,1-2H3. The van der Waals surface area contributed by atoms with Gasteiger partial charge in [-0.15, -0.1) is 11.8 Å². The van der Waals surface area contributed by atoms with E-state index < -0.39 is 11.9 Å². The van der Waals surface area contributed by atoms with Gasteiger partial charge < -0.3 is 14.4 Å². The van der Waals surface area contributed by atoms with Crippen LogP contribution in [0.2, 0.25) is 0 Å². The number of benzene rings is 2. The molecule has 2 atom stereocenters. The van der Waals surface area contributed by atoms with Gasteiger partial charge in [0.2, 0.25) is 0 Å². The van der Waals surface area contributed by atoms with Crippen LogP contribution in [0.3, 0.4) is 0 Å². The smallest absolute Gasteiger partial charge is 0.264 e. The molecule has 0 radical (unpaired) electrons. The Kier molecular flexibility index (Phi) is 6.09. The molecule has 1 aliphatic rings. The van der Waals surface area contributed by atoms with Gasteiger partial charge in [0.25, 0.3) is 5.91 Å². The normalized spacial score (nSPS) is 17.8. The lowest BCUT2D eigenvalue weighted by Gasteiger charge is -2.27. The summed E-state index contributed by atoms with van der Waals surface area (Å²) >= 11 is 5.18. The van der Waals surface area contributed by atoms with Crippen LogP contribution in [0.4, 0.5) is 4.39 Å². The summed E-state index contributed by atoms with van der Waals surface area (Å²) in [6.07, 6.45) is -0.769. The van der Waals surface area contributed by atoms with E-state index in [4.69, 9.17) is 9.47 Å². The maximum absolute atomic E-state index is 13.8. The molecular weight excluding hydrogens is 421 g/mol. The average molecular weight is 440 g/mol. The third-order valence-electron chi connectivity index (χ3n) is 4.12. The molecule has 138 valence electrons. The molecule has 2 unspecified atom stereocenters. The second-order valence-electron chi connectivity index (χ2n) is 5.84. The largest absolute Gasteiger partial charge is 0.496 e. The monoisotopic (exact) mass is 439 g/mol. The number of amides is 1. The molecule has 0 bridgehead atoms. The van der Waals surface area contributed by atoms with Crippen LogP contribution in [0.5, 0.6) is 11.5 Å². The predicted octanol–water partition coefficient (Wildman–Crippen LogP) is 4.64. The lowest BCUT2D eigenvalue weighted by atomic mass is 10.2. The second-order valence-corrected chi connectivity index (χ2v) is 7.88. The Bertz CT molecular complexity index is 804. The molecule has 4 nitrogen and oxygen atoms in total. The van der Waals surface area contributed by atoms with E-state index in [1.54, 1.807) is 42.8 Å². The number of hydrogen-bond acceptors (Lipinski definition) is 4. The Morgan fingerprint density at radius 3 is 2.77 bits per heavy atom. The van der Waals surface area contributed by atoms with Gasteiger partial charge in [-0.3, -0.25) is 4.79 Å². The zero-order valence-corrected chi connectivity index (χ0v) is 16.8. The molecule has 0 N–H and O–H groups in total. The van der Waals surface area contributed by atoms with Crippen molar-refractivity contribution in [1.82, 2.24) is 4.90 Å². The number of carbonyl (C=O) groups is 1. The van der Waals surface area contributed by atoms with Crippen LogP contribution in [0.1, 0.15) is 17.9 Å². The first kappa shape index (κ1) is 19.0. The Balaban J connectivity index is 1.75. The Morgan fingerprint density at radius 2 is 2.08 bits per heavy atom. The number of nitrogens with zero attached hydrogens (tertiary/aromatic N) is 1. The molecule has 0 aliphatic carbocycles. The summed E-state index contributed by atoms with van der Waals surface area (Å²) < 4.78 is 25.4. The molecule has 1 amide bonds. The number of rotatable bonds is 5. The number of methoxy groups -OCH3 is 1. The van der Waals surface area contributed by atoms with E-state index in [1.165, 1.54) is 12.1 Å². The van der Waals surface area contributed by atoms with Gasteiger partial charge in [-0.05, 0) is 52.7 Å². The molecule has 1 fully saturated rings. The molecule has 2 aromatic rings. The van der Waals surface area contributed by atoms with Crippen LogP contribution in [-0.2, 0) is 4.79 Å². The van der Waals surface area contributed by atoms with Crippen molar-refractivity contribution < 1.29 is 18.7 Å². The van der Waals surface area contributed by atoms with E-state index in [1.807, 2.05) is 18.2 Å². The maximum atomic E-state index is 13.8. The summed E-state index contributed by atoms with van der Waals surface area (Å²) in [4.78, 5) is 14.7. The zero-order chi connectivity index (χ0) is 18.7. The lowest BCUT2D eigenvalue weighted by Crippen LogP contribution is -2.40. The predicted molar refractivity (Wildman–Crippen MR) is 104 cm³/mol. The molecule has 1 heterocycles. The van der Waals surface area contributed by atoms with Crippen molar-refractivity contribution in [3.05, 3.63) is 58.3 Å². The third kappa shape index (κ3) is 3.99. The van der Waals surface area contributed by atoms with E-state index in [0.29, 0.717) is 6.54 Å². The topological polar surface area (TPSA) is 38.8 Å². The van der Waals surface area contributed by atoms with Crippen LogP contribution in [0.25, 0.3) is 0 Å². The molecule has 2 aromatic carbocycles. The van der Waals surface area contributed by atoms with Gasteiger partial charge >= 0.3 is 0 Å². The minimum Gasteiger partial charge on any atom is -0.496 e. The van der Waals surface area contributed by atoms with Crippen molar-refractivity contribution >= 4 is 33.6 Å². The lowest BCUT2D eigenvalue weighted by molar-refractivity contribution is -0.138. The van der Waals surface area contributed by atoms with Crippen LogP contribution >= 0.6 is 27.7 Å². The average Bonchev–Trinajstić information content (AvgIpc) is 3.12. The summed E-state index contributed by atoms with van der Waals surface area (Å²) in [5.74, 6) is 1.04. The summed E-state index contributed by atoms with van der Waals surface area (Å²) in [5.41, 5.74) is 1.01. The highest BCUT2D eigenvalue weighted by atomic mass is 79.9. The summed E-state index contributed by atoms with van der Waals surface area (Å²) in [5, 5.41) is -0.101. The second kappa shape index (κ2) is 8.31. The number of halogens is 2. The fourth-order valence-electron chi connectivity index (χ4n) is 2.82. The van der Waals surface area contributed by atoms with Crippen molar-refractivity contribution in [3.8, 4) is 11.5 Å². The van der Waals surface area contributed by atoms with Crippen molar-refractivity contribution in [2.24, 2.45) is 0 Å². The molecule has 0 spiro atoms. The molecule has 1 saturated heterocycles. The third-order valence-corrected chi connectivity index (χ3v) is 6.00. The Morgan fingerprint density at radius 1 is 1.31 bits per heavy atom. The summed E-state index contributed by atoms with van der Waals surface area (Å²) in [6, 6.07) is 11.9. The van der Waals surface area contributed by atoms with Gasteiger partial charge in [0.1, 0.15) is 11.1 Å². The molecular formula is C19H19BrFNO3S. The Hall–Kier alpha value is -1.73. The van der Waals surface area contributed by atoms with E-state index in [9.17, 15) is 9.18 Å². The van der Waals surface area contributed by atoms with Crippen molar-refractivity contribution in [2.75, 3.05) is 19.4 Å². The number of carbonyl (C=O) groups excluding carboxylic acids is 1. The number of ether oxygens (including phenoxy) is 2. The van der Waals surface area contributed by atoms with Crippen molar-refractivity contribution in [3.63, 3.8) is 0 Å². The highest BCUT2D eigenvalue weighted by Crippen LogP contribution is 2.40. The van der Waals surface area contributed by atoms with E-state index >= 15 is 0 Å². The highest BCUT2D eigenvalue weighted by molar-refractivity contribution is 9.10. The van der Waals surface area contributed by atoms with E-state index in [-0.39, 0.29) is 17.0 Å². The molecule has 26 heavy (non-hydrogen) atoms. The van der Waals surface area contributed by atoms with Crippen LogP contribution in [0.15, 0.2) is 46.9 Å². The van der Waals surface area contributed by atoms with Gasteiger partial charge in [0, 0.05) is 12.3 Å². The van der Waals surface area contributed by atoms with Crippen LogP contribution in [0, 0.1) is 5.82 Å². The van der Waals surface area contributed by atoms with Gasteiger partial charge in [-0.1, -0.05) is 18.2 Å². The van der Waals surface area contributed by atoms with E-state index in [0.717, 1.165) is 21.5 Å². The molecule has 1 aliphatic heterocycles. The first-order valence-electron chi connectivity index (χ1n) is 8.18. The van der Waals surface area contributed by atoms with Crippen LogP contribution < -0.4 is 9.47 Å². The molecule has 7 heteroatoms. The minimum absolute atomic E-state index is 0.0870. The quantitative estimate of drug-likeness (QED) is 0.679. The van der Waals surface area contributed by atoms with E-state index in [2.05, 4.69) is 15.9 Å². The van der Waals surface area contributed by atoms with Gasteiger partial charge in [-0.25, -0.2) is 4.39 Å². The zero-order valence-electron chi connectivity index (χ0n) is 14.4. The Labute approximate surface area is 164 Å². The van der Waals surface area contributed by atoms with Crippen molar-refractivity contribution in [2.45, 2.75) is 18.4 Å². The molecule has 0 saturated carbocycles. The first-order valence-corrected chi connectivity index (χ1v) is 10.0. The minimum atomic E-state index is -0.769.